The summed E-state index contributed by atoms with van der Waals surface area (Å²) >= 11 is 6.33. The van der Waals surface area contributed by atoms with Gasteiger partial charge in [0.05, 0.1) is 25.3 Å². The summed E-state index contributed by atoms with van der Waals surface area (Å²) in [6.07, 6.45) is 2.63. The van der Waals surface area contributed by atoms with Gasteiger partial charge >= 0.3 is 0 Å². The second-order valence-electron chi connectivity index (χ2n) is 5.08. The van der Waals surface area contributed by atoms with Crippen molar-refractivity contribution in [3.8, 4) is 11.5 Å². The Balaban J connectivity index is 2.18. The van der Waals surface area contributed by atoms with E-state index in [1.165, 1.54) is 0 Å². The van der Waals surface area contributed by atoms with Gasteiger partial charge in [-0.1, -0.05) is 18.5 Å². The number of hydrogen-bond donors (Lipinski definition) is 1. The predicted molar refractivity (Wildman–Crippen MR) is 79.8 cm³/mol. The smallest absolute Gasteiger partial charge is 0.180 e. The van der Waals surface area contributed by atoms with Gasteiger partial charge in [-0.25, -0.2) is 0 Å². The topological polar surface area (TPSA) is 53.7 Å². The lowest BCUT2D eigenvalue weighted by Crippen LogP contribution is -2.21. The lowest BCUT2D eigenvalue weighted by atomic mass is 10.0. The van der Waals surface area contributed by atoms with Crippen LogP contribution in [0.25, 0.3) is 0 Å². The van der Waals surface area contributed by atoms with Crippen molar-refractivity contribution in [2.45, 2.75) is 38.3 Å². The third-order valence-electron chi connectivity index (χ3n) is 3.48. The Labute approximate surface area is 125 Å². The monoisotopic (exact) mass is 299 g/mol. The summed E-state index contributed by atoms with van der Waals surface area (Å²) in [6.45, 7) is 3.40. The second-order valence-corrected chi connectivity index (χ2v) is 5.49. The third kappa shape index (κ3) is 3.78. The molecule has 1 heterocycles. The van der Waals surface area contributed by atoms with Crippen molar-refractivity contribution in [2.75, 3.05) is 20.3 Å². The first-order chi connectivity index (χ1) is 9.63. The molecule has 0 saturated carbocycles. The van der Waals surface area contributed by atoms with E-state index in [1.807, 2.05) is 12.1 Å². The van der Waals surface area contributed by atoms with E-state index in [0.29, 0.717) is 23.1 Å². The Kier molecular flexibility index (Phi) is 5.52. The summed E-state index contributed by atoms with van der Waals surface area (Å²) in [6, 6.07) is 3.99. The Morgan fingerprint density at radius 3 is 2.90 bits per heavy atom. The first-order valence-corrected chi connectivity index (χ1v) is 7.38. The maximum atomic E-state index is 6.33. The number of methoxy groups -OCH3 is 1. The van der Waals surface area contributed by atoms with Crippen molar-refractivity contribution < 1.29 is 14.2 Å². The van der Waals surface area contributed by atoms with Gasteiger partial charge in [-0.2, -0.15) is 0 Å². The van der Waals surface area contributed by atoms with E-state index < -0.39 is 0 Å². The van der Waals surface area contributed by atoms with Gasteiger partial charge in [0.2, 0.25) is 0 Å². The minimum atomic E-state index is 0.0464. The van der Waals surface area contributed by atoms with Crippen LogP contribution in [0.1, 0.15) is 25.3 Å². The van der Waals surface area contributed by atoms with Gasteiger partial charge < -0.3 is 19.9 Å². The van der Waals surface area contributed by atoms with Gasteiger partial charge in [-0.15, -0.1) is 0 Å². The zero-order valence-electron chi connectivity index (χ0n) is 12.0. The lowest BCUT2D eigenvalue weighted by Gasteiger charge is -2.18. The van der Waals surface area contributed by atoms with E-state index in [1.54, 1.807) is 7.11 Å². The van der Waals surface area contributed by atoms with Crippen LogP contribution < -0.4 is 15.2 Å². The highest BCUT2D eigenvalue weighted by Gasteiger charge is 2.21. The second kappa shape index (κ2) is 7.16. The zero-order valence-corrected chi connectivity index (χ0v) is 12.8. The van der Waals surface area contributed by atoms with E-state index in [9.17, 15) is 0 Å². The average Bonchev–Trinajstić information content (AvgIpc) is 2.94. The van der Waals surface area contributed by atoms with Crippen LogP contribution in [0.3, 0.4) is 0 Å². The van der Waals surface area contributed by atoms with Crippen molar-refractivity contribution >= 4 is 11.6 Å². The number of rotatable bonds is 6. The van der Waals surface area contributed by atoms with E-state index in [0.717, 1.165) is 31.4 Å². The molecule has 2 atom stereocenters. The van der Waals surface area contributed by atoms with E-state index >= 15 is 0 Å². The summed E-state index contributed by atoms with van der Waals surface area (Å²) < 4.78 is 16.6. The van der Waals surface area contributed by atoms with E-state index in [4.69, 9.17) is 31.5 Å². The molecule has 2 rings (SSSR count). The first kappa shape index (κ1) is 15.4. The molecule has 0 bridgehead atoms. The molecule has 1 fully saturated rings. The Morgan fingerprint density at radius 1 is 1.50 bits per heavy atom. The van der Waals surface area contributed by atoms with Crippen molar-refractivity contribution in [3.63, 3.8) is 0 Å². The fraction of sp³-hybridized carbons (Fsp3) is 0.600. The van der Waals surface area contributed by atoms with E-state index in [2.05, 4.69) is 6.92 Å². The highest BCUT2D eigenvalue weighted by molar-refractivity contribution is 6.32. The minimum absolute atomic E-state index is 0.0464. The Morgan fingerprint density at radius 2 is 2.30 bits per heavy atom. The molecule has 1 aromatic rings. The summed E-state index contributed by atoms with van der Waals surface area (Å²) in [5.74, 6) is 1.25. The van der Waals surface area contributed by atoms with Crippen LogP contribution in [-0.4, -0.2) is 32.5 Å². The van der Waals surface area contributed by atoms with Crippen LogP contribution in [0.2, 0.25) is 5.02 Å². The van der Waals surface area contributed by atoms with Gasteiger partial charge in [0.15, 0.2) is 11.5 Å². The number of halogens is 1. The lowest BCUT2D eigenvalue weighted by molar-refractivity contribution is 0.138. The molecule has 0 aromatic heterocycles. The quantitative estimate of drug-likeness (QED) is 0.877. The first-order valence-electron chi connectivity index (χ1n) is 7.00. The summed E-state index contributed by atoms with van der Waals surface area (Å²) in [5.41, 5.74) is 7.05. The van der Waals surface area contributed by atoms with Crippen molar-refractivity contribution in [2.24, 2.45) is 5.73 Å². The molecule has 2 N–H and O–H groups in total. The van der Waals surface area contributed by atoms with Crippen LogP contribution in [0.4, 0.5) is 0 Å². The predicted octanol–water partition coefficient (Wildman–Crippen LogP) is 2.80. The summed E-state index contributed by atoms with van der Waals surface area (Å²) in [5, 5.41) is 0.564. The molecule has 0 spiro atoms. The highest BCUT2D eigenvalue weighted by atomic mass is 35.5. The van der Waals surface area contributed by atoms with Crippen molar-refractivity contribution in [1.82, 2.24) is 0 Å². The number of hydrogen-bond acceptors (Lipinski definition) is 4. The highest BCUT2D eigenvalue weighted by Crippen LogP contribution is 2.38. The van der Waals surface area contributed by atoms with Crippen molar-refractivity contribution in [1.29, 1.82) is 0 Å². The maximum Gasteiger partial charge on any atom is 0.180 e. The van der Waals surface area contributed by atoms with Gasteiger partial charge in [-0.3, -0.25) is 0 Å². The normalized spacial score (nSPS) is 19.9. The van der Waals surface area contributed by atoms with Gasteiger partial charge in [-0.05, 0) is 30.5 Å². The SMILES string of the molecule is CCC(N)Cc1cc(Cl)c(OC2CCOC2)c(OC)c1. The fourth-order valence-electron chi connectivity index (χ4n) is 2.23. The molecule has 0 aliphatic carbocycles. The molecule has 2 unspecified atom stereocenters. The molecule has 1 saturated heterocycles. The molecular weight excluding hydrogens is 278 g/mol. The maximum absolute atomic E-state index is 6.33. The van der Waals surface area contributed by atoms with Crippen LogP contribution in [0.5, 0.6) is 11.5 Å². The molecule has 112 valence electrons. The number of nitrogens with two attached hydrogens (primary N) is 1. The fourth-order valence-corrected chi connectivity index (χ4v) is 2.50. The van der Waals surface area contributed by atoms with Crippen LogP contribution in [0.15, 0.2) is 12.1 Å². The summed E-state index contributed by atoms with van der Waals surface area (Å²) in [4.78, 5) is 0. The molecular formula is C15H22ClNO3. The molecule has 4 nitrogen and oxygen atoms in total. The molecule has 1 aliphatic heterocycles. The summed E-state index contributed by atoms with van der Waals surface area (Å²) in [7, 11) is 1.62. The van der Waals surface area contributed by atoms with Crippen molar-refractivity contribution in [3.05, 3.63) is 22.7 Å². The molecule has 1 aromatic carbocycles. The van der Waals surface area contributed by atoms with Crippen LogP contribution in [-0.2, 0) is 11.2 Å². The third-order valence-corrected chi connectivity index (χ3v) is 3.76. The van der Waals surface area contributed by atoms with E-state index in [-0.39, 0.29) is 12.1 Å². The largest absolute Gasteiger partial charge is 0.493 e. The Bertz CT molecular complexity index is 447. The standard InChI is InChI=1S/C15H22ClNO3/c1-3-11(17)6-10-7-13(16)15(14(8-10)18-2)20-12-4-5-19-9-12/h7-8,11-12H,3-6,9,17H2,1-2H3. The molecule has 0 radical (unpaired) electrons. The average molecular weight is 300 g/mol. The van der Waals surface area contributed by atoms with Gasteiger partial charge in [0.1, 0.15) is 6.10 Å². The minimum Gasteiger partial charge on any atom is -0.493 e. The van der Waals surface area contributed by atoms with Gasteiger partial charge in [0.25, 0.3) is 0 Å². The molecule has 0 amide bonds. The number of ether oxygens (including phenoxy) is 3. The van der Waals surface area contributed by atoms with Gasteiger partial charge in [0, 0.05) is 12.5 Å². The van der Waals surface area contributed by atoms with Crippen LogP contribution in [0, 0.1) is 0 Å². The number of benzene rings is 1. The Hall–Kier alpha value is -0.970. The molecule has 20 heavy (non-hydrogen) atoms. The zero-order chi connectivity index (χ0) is 14.5. The van der Waals surface area contributed by atoms with Crippen LogP contribution >= 0.6 is 11.6 Å². The molecule has 1 aliphatic rings. The molecule has 5 heteroatoms.